The van der Waals surface area contributed by atoms with Gasteiger partial charge in [0, 0.05) is 7.05 Å². The average molecular weight is 190 g/mol. The summed E-state index contributed by atoms with van der Waals surface area (Å²) in [6, 6.07) is 8.08. The maximum absolute atomic E-state index is 5.43. The number of ether oxygens (including phenoxy) is 1. The minimum absolute atomic E-state index is 0.383. The van der Waals surface area contributed by atoms with Crippen molar-refractivity contribution in [2.45, 2.75) is 6.92 Å². The van der Waals surface area contributed by atoms with Crippen molar-refractivity contribution in [1.82, 2.24) is 20.2 Å². The average Bonchev–Trinajstić information content (AvgIpc) is 2.56. The van der Waals surface area contributed by atoms with Gasteiger partial charge in [-0.25, -0.2) is 0 Å². The van der Waals surface area contributed by atoms with Crippen LogP contribution in [0.1, 0.15) is 5.56 Å². The summed E-state index contributed by atoms with van der Waals surface area (Å²) in [7, 11) is 1.73. The third-order valence-electron chi connectivity index (χ3n) is 1.81. The summed E-state index contributed by atoms with van der Waals surface area (Å²) in [5, 5.41) is 10.8. The van der Waals surface area contributed by atoms with Gasteiger partial charge in [-0.1, -0.05) is 22.8 Å². The van der Waals surface area contributed by atoms with Gasteiger partial charge in [0.1, 0.15) is 5.75 Å². The van der Waals surface area contributed by atoms with Gasteiger partial charge < -0.3 is 4.74 Å². The molecule has 0 saturated heterocycles. The van der Waals surface area contributed by atoms with Gasteiger partial charge in [-0.05, 0) is 29.5 Å². The molecule has 0 saturated carbocycles. The van der Waals surface area contributed by atoms with Crippen molar-refractivity contribution in [3.8, 4) is 11.8 Å². The molecule has 0 atom stereocenters. The molecule has 0 fully saturated rings. The maximum atomic E-state index is 5.43. The van der Waals surface area contributed by atoms with Crippen molar-refractivity contribution in [2.24, 2.45) is 7.05 Å². The standard InChI is InChI=1S/C9H10N4O/c1-7-3-5-8(6-4-7)14-9-10-11-12-13(9)2/h3-6H,1-2H3. The van der Waals surface area contributed by atoms with Gasteiger partial charge in [-0.15, -0.1) is 0 Å². The Labute approximate surface area is 81.3 Å². The van der Waals surface area contributed by atoms with Crippen molar-refractivity contribution in [2.75, 3.05) is 0 Å². The molecule has 0 bridgehead atoms. The van der Waals surface area contributed by atoms with Crippen LogP contribution in [0.3, 0.4) is 0 Å². The van der Waals surface area contributed by atoms with Crippen molar-refractivity contribution >= 4 is 0 Å². The van der Waals surface area contributed by atoms with Crippen LogP contribution in [-0.4, -0.2) is 20.2 Å². The maximum Gasteiger partial charge on any atom is 0.340 e. The van der Waals surface area contributed by atoms with E-state index in [0.29, 0.717) is 6.01 Å². The van der Waals surface area contributed by atoms with Gasteiger partial charge in [-0.3, -0.25) is 0 Å². The lowest BCUT2D eigenvalue weighted by Crippen LogP contribution is -1.95. The number of rotatable bonds is 2. The van der Waals surface area contributed by atoms with E-state index in [0.717, 1.165) is 5.75 Å². The Bertz CT molecular complexity index is 421. The molecule has 0 aliphatic rings. The molecule has 0 aliphatic carbocycles. The zero-order chi connectivity index (χ0) is 9.97. The minimum atomic E-state index is 0.383. The molecule has 2 rings (SSSR count). The highest BCUT2D eigenvalue weighted by atomic mass is 16.5. The summed E-state index contributed by atoms with van der Waals surface area (Å²) >= 11 is 0. The molecule has 0 amide bonds. The second-order valence-corrected chi connectivity index (χ2v) is 3.00. The number of hydrogen-bond acceptors (Lipinski definition) is 4. The molecule has 14 heavy (non-hydrogen) atoms. The van der Waals surface area contributed by atoms with E-state index in [1.807, 2.05) is 31.2 Å². The van der Waals surface area contributed by atoms with Crippen molar-refractivity contribution in [1.29, 1.82) is 0 Å². The first-order valence-electron chi connectivity index (χ1n) is 4.22. The van der Waals surface area contributed by atoms with E-state index in [9.17, 15) is 0 Å². The van der Waals surface area contributed by atoms with E-state index < -0.39 is 0 Å². The molecule has 0 N–H and O–H groups in total. The molecule has 0 spiro atoms. The normalized spacial score (nSPS) is 10.1. The molecular weight excluding hydrogens is 180 g/mol. The summed E-state index contributed by atoms with van der Waals surface area (Å²) in [6.45, 7) is 2.02. The predicted octanol–water partition coefficient (Wildman–Crippen LogP) is 1.31. The number of benzene rings is 1. The van der Waals surface area contributed by atoms with Crippen molar-refractivity contribution < 1.29 is 4.74 Å². The highest BCUT2D eigenvalue weighted by molar-refractivity contribution is 5.28. The van der Waals surface area contributed by atoms with Crippen LogP contribution in [0.15, 0.2) is 24.3 Å². The van der Waals surface area contributed by atoms with E-state index in [-0.39, 0.29) is 0 Å². The number of nitrogens with zero attached hydrogens (tertiary/aromatic N) is 4. The second-order valence-electron chi connectivity index (χ2n) is 3.00. The molecule has 1 aromatic heterocycles. The molecule has 5 heteroatoms. The number of aromatic nitrogens is 4. The Morgan fingerprint density at radius 1 is 1.21 bits per heavy atom. The minimum Gasteiger partial charge on any atom is -0.423 e. The Balaban J connectivity index is 2.19. The molecule has 2 aromatic rings. The fraction of sp³-hybridized carbons (Fsp3) is 0.222. The van der Waals surface area contributed by atoms with E-state index in [4.69, 9.17) is 4.74 Å². The highest BCUT2D eigenvalue weighted by Gasteiger charge is 2.03. The molecule has 1 aromatic carbocycles. The SMILES string of the molecule is Cc1ccc(Oc2nnnn2C)cc1. The van der Waals surface area contributed by atoms with Gasteiger partial charge in [0.05, 0.1) is 0 Å². The number of tetrazole rings is 1. The molecule has 0 aliphatic heterocycles. The third kappa shape index (κ3) is 1.71. The lowest BCUT2D eigenvalue weighted by molar-refractivity contribution is 0.414. The molecule has 1 heterocycles. The van der Waals surface area contributed by atoms with E-state index in [1.165, 1.54) is 10.2 Å². The Hall–Kier alpha value is -1.91. The number of aryl methyl sites for hydroxylation is 2. The van der Waals surface area contributed by atoms with E-state index in [2.05, 4.69) is 15.5 Å². The lowest BCUT2D eigenvalue weighted by Gasteiger charge is -2.02. The molecule has 0 radical (unpaired) electrons. The first kappa shape index (κ1) is 8.68. The Morgan fingerprint density at radius 3 is 2.50 bits per heavy atom. The first-order chi connectivity index (χ1) is 6.75. The van der Waals surface area contributed by atoms with Crippen LogP contribution in [0.4, 0.5) is 0 Å². The predicted molar refractivity (Wildman–Crippen MR) is 50.1 cm³/mol. The van der Waals surface area contributed by atoms with Gasteiger partial charge >= 0.3 is 6.01 Å². The fourth-order valence-electron chi connectivity index (χ4n) is 1.02. The van der Waals surface area contributed by atoms with Crippen LogP contribution < -0.4 is 4.74 Å². The van der Waals surface area contributed by atoms with Crippen molar-refractivity contribution in [3.05, 3.63) is 29.8 Å². The molecule has 5 nitrogen and oxygen atoms in total. The topological polar surface area (TPSA) is 52.8 Å². The van der Waals surface area contributed by atoms with E-state index in [1.54, 1.807) is 7.05 Å². The van der Waals surface area contributed by atoms with Crippen LogP contribution in [0.2, 0.25) is 0 Å². The summed E-state index contributed by atoms with van der Waals surface area (Å²) in [4.78, 5) is 0. The van der Waals surface area contributed by atoms with Crippen LogP contribution in [0.25, 0.3) is 0 Å². The van der Waals surface area contributed by atoms with Crippen LogP contribution in [0.5, 0.6) is 11.8 Å². The van der Waals surface area contributed by atoms with Crippen LogP contribution in [-0.2, 0) is 7.05 Å². The zero-order valence-electron chi connectivity index (χ0n) is 8.01. The summed E-state index contributed by atoms with van der Waals surface area (Å²) in [5.41, 5.74) is 1.19. The Kier molecular flexibility index (Phi) is 2.14. The summed E-state index contributed by atoms with van der Waals surface area (Å²) in [6.07, 6.45) is 0. The van der Waals surface area contributed by atoms with Crippen LogP contribution >= 0.6 is 0 Å². The van der Waals surface area contributed by atoms with Gasteiger partial charge in [-0.2, -0.15) is 4.68 Å². The smallest absolute Gasteiger partial charge is 0.340 e. The number of hydrogen-bond donors (Lipinski definition) is 0. The van der Waals surface area contributed by atoms with Crippen molar-refractivity contribution in [3.63, 3.8) is 0 Å². The fourth-order valence-corrected chi connectivity index (χ4v) is 1.02. The third-order valence-corrected chi connectivity index (χ3v) is 1.81. The van der Waals surface area contributed by atoms with Crippen LogP contribution in [0, 0.1) is 6.92 Å². The zero-order valence-corrected chi connectivity index (χ0v) is 8.01. The molecular formula is C9H10N4O. The highest BCUT2D eigenvalue weighted by Crippen LogP contribution is 2.17. The summed E-state index contributed by atoms with van der Waals surface area (Å²) in [5.74, 6) is 0.730. The lowest BCUT2D eigenvalue weighted by atomic mass is 10.2. The largest absolute Gasteiger partial charge is 0.423 e. The quantitative estimate of drug-likeness (QED) is 0.716. The van der Waals surface area contributed by atoms with Gasteiger partial charge in [0.25, 0.3) is 0 Å². The van der Waals surface area contributed by atoms with Gasteiger partial charge in [0.15, 0.2) is 0 Å². The Morgan fingerprint density at radius 2 is 1.93 bits per heavy atom. The monoisotopic (exact) mass is 190 g/mol. The summed E-state index contributed by atoms with van der Waals surface area (Å²) < 4.78 is 6.90. The van der Waals surface area contributed by atoms with Gasteiger partial charge in [0.2, 0.25) is 0 Å². The molecule has 0 unspecified atom stereocenters. The van der Waals surface area contributed by atoms with E-state index >= 15 is 0 Å². The first-order valence-corrected chi connectivity index (χ1v) is 4.22. The molecule has 72 valence electrons. The second kappa shape index (κ2) is 3.45.